The van der Waals surface area contributed by atoms with Crippen LogP contribution in [-0.4, -0.2) is 71.2 Å². The van der Waals surface area contributed by atoms with E-state index in [1.807, 2.05) is 44.5 Å². The number of nitrogens with zero attached hydrogens (tertiary/aromatic N) is 5. The molecule has 1 atom stereocenters. The zero-order valence-electron chi connectivity index (χ0n) is 17.2. The Morgan fingerprint density at radius 3 is 2.64 bits per heavy atom. The van der Waals surface area contributed by atoms with E-state index in [4.69, 9.17) is 9.72 Å². The Balaban J connectivity index is 1.48. The fraction of sp³-hybridized carbons (Fsp3) is 0.684. The molecule has 1 N–H and O–H groups in total. The van der Waals surface area contributed by atoms with E-state index in [2.05, 4.69) is 10.3 Å². The number of nitrogens with one attached hydrogen (secondary N) is 1. The molecule has 0 aromatic carbocycles. The number of carbonyl (C=O) groups is 2. The van der Waals surface area contributed by atoms with E-state index in [9.17, 15) is 9.59 Å². The third kappa shape index (κ3) is 3.22. The van der Waals surface area contributed by atoms with E-state index in [0.717, 1.165) is 36.6 Å². The molecule has 3 aliphatic heterocycles. The van der Waals surface area contributed by atoms with Crippen molar-refractivity contribution in [1.82, 2.24) is 14.9 Å². The minimum atomic E-state index is -0.496. The molecule has 4 rings (SSSR count). The Morgan fingerprint density at radius 2 is 1.96 bits per heavy atom. The number of likely N-dealkylation sites (tertiary alicyclic amines) is 1. The predicted octanol–water partition coefficient (Wildman–Crippen LogP) is 1.63. The Labute approximate surface area is 165 Å². The average molecular weight is 388 g/mol. The smallest absolute Gasteiger partial charge is 0.410 e. The van der Waals surface area contributed by atoms with Crippen molar-refractivity contribution in [3.05, 3.63) is 5.69 Å². The van der Waals surface area contributed by atoms with Crippen molar-refractivity contribution >= 4 is 29.5 Å². The minimum absolute atomic E-state index is 0.0883. The number of aromatic nitrogens is 2. The van der Waals surface area contributed by atoms with Crippen molar-refractivity contribution in [2.75, 3.05) is 41.8 Å². The first-order valence-corrected chi connectivity index (χ1v) is 9.83. The van der Waals surface area contributed by atoms with Gasteiger partial charge in [-0.3, -0.25) is 4.79 Å². The van der Waals surface area contributed by atoms with Crippen LogP contribution >= 0.6 is 0 Å². The molecule has 4 heterocycles. The van der Waals surface area contributed by atoms with Gasteiger partial charge in [0.1, 0.15) is 17.3 Å². The second-order valence-corrected chi connectivity index (χ2v) is 8.77. The molecule has 0 spiro atoms. The summed E-state index contributed by atoms with van der Waals surface area (Å²) in [6.45, 7) is 9.32. The summed E-state index contributed by atoms with van der Waals surface area (Å²) in [4.78, 5) is 39.5. The highest BCUT2D eigenvalue weighted by Crippen LogP contribution is 2.39. The van der Waals surface area contributed by atoms with E-state index >= 15 is 0 Å². The Hall–Kier alpha value is -2.58. The molecule has 9 heteroatoms. The van der Waals surface area contributed by atoms with Crippen molar-refractivity contribution in [3.8, 4) is 0 Å². The lowest BCUT2D eigenvalue weighted by molar-refractivity contribution is -0.119. The van der Waals surface area contributed by atoms with Crippen LogP contribution in [0.1, 0.15) is 39.8 Å². The van der Waals surface area contributed by atoms with E-state index in [0.29, 0.717) is 19.0 Å². The maximum absolute atomic E-state index is 12.6. The zero-order valence-corrected chi connectivity index (χ0v) is 17.2. The molecule has 1 aromatic heterocycles. The van der Waals surface area contributed by atoms with Crippen molar-refractivity contribution in [2.24, 2.45) is 0 Å². The van der Waals surface area contributed by atoms with Gasteiger partial charge in [0.05, 0.1) is 11.7 Å². The third-order valence-electron chi connectivity index (χ3n) is 5.41. The Kier molecular flexibility index (Phi) is 4.35. The maximum atomic E-state index is 12.6. The normalized spacial score (nSPS) is 22.0. The summed E-state index contributed by atoms with van der Waals surface area (Å²) in [5, 5.41) is 3.33. The summed E-state index contributed by atoms with van der Waals surface area (Å²) in [6, 6.07) is -0.155. The van der Waals surface area contributed by atoms with Crippen molar-refractivity contribution in [1.29, 1.82) is 0 Å². The predicted molar refractivity (Wildman–Crippen MR) is 106 cm³/mol. The van der Waals surface area contributed by atoms with E-state index in [1.54, 1.807) is 4.90 Å². The molecular formula is C19H28N6O3. The van der Waals surface area contributed by atoms with Gasteiger partial charge in [0.15, 0.2) is 5.82 Å². The van der Waals surface area contributed by atoms with Gasteiger partial charge in [-0.25, -0.2) is 9.78 Å². The van der Waals surface area contributed by atoms with Crippen molar-refractivity contribution < 1.29 is 14.3 Å². The molecule has 2 amide bonds. The van der Waals surface area contributed by atoms with Crippen LogP contribution in [0.25, 0.3) is 0 Å². The highest BCUT2D eigenvalue weighted by atomic mass is 16.6. The number of anilines is 3. The van der Waals surface area contributed by atoms with Crippen molar-refractivity contribution in [2.45, 2.75) is 58.2 Å². The number of aryl methyl sites for hydroxylation is 1. The number of amides is 2. The second-order valence-electron chi connectivity index (χ2n) is 8.77. The van der Waals surface area contributed by atoms with Crippen LogP contribution in [0.4, 0.5) is 22.2 Å². The fourth-order valence-corrected chi connectivity index (χ4v) is 3.79. The van der Waals surface area contributed by atoms with Gasteiger partial charge in [0.2, 0.25) is 11.9 Å². The molecule has 0 radical (unpaired) electrons. The van der Waals surface area contributed by atoms with Gasteiger partial charge in [-0.05, 0) is 40.5 Å². The van der Waals surface area contributed by atoms with Crippen LogP contribution < -0.4 is 15.1 Å². The van der Waals surface area contributed by atoms with Gasteiger partial charge in [-0.2, -0.15) is 4.98 Å². The molecule has 0 aliphatic carbocycles. The zero-order chi connectivity index (χ0) is 20.2. The molecule has 3 aliphatic rings. The summed E-state index contributed by atoms with van der Waals surface area (Å²) >= 11 is 0. The summed E-state index contributed by atoms with van der Waals surface area (Å²) in [5.74, 6) is 1.45. The Bertz CT molecular complexity index is 815. The number of hydrogen-bond acceptors (Lipinski definition) is 7. The van der Waals surface area contributed by atoms with Gasteiger partial charge in [0.25, 0.3) is 0 Å². The molecule has 0 bridgehead atoms. The molecule has 0 saturated carbocycles. The van der Waals surface area contributed by atoms with Crippen LogP contribution in [0.15, 0.2) is 0 Å². The molecule has 1 aromatic rings. The van der Waals surface area contributed by atoms with Crippen molar-refractivity contribution in [3.63, 3.8) is 0 Å². The first-order chi connectivity index (χ1) is 13.1. The van der Waals surface area contributed by atoms with E-state index < -0.39 is 5.60 Å². The molecular weight excluding hydrogens is 360 g/mol. The summed E-state index contributed by atoms with van der Waals surface area (Å²) in [7, 11) is 1.90. The second kappa shape index (κ2) is 6.49. The first kappa shape index (κ1) is 18.8. The summed E-state index contributed by atoms with van der Waals surface area (Å²) in [5.41, 5.74) is 1.27. The van der Waals surface area contributed by atoms with Crippen LogP contribution in [0.5, 0.6) is 0 Å². The molecule has 152 valence electrons. The Morgan fingerprint density at radius 1 is 1.25 bits per heavy atom. The lowest BCUT2D eigenvalue weighted by Crippen LogP contribution is -2.58. The molecule has 28 heavy (non-hydrogen) atoms. The monoisotopic (exact) mass is 388 g/mol. The number of likely N-dealkylation sites (N-methyl/N-ethyl adjacent to an activating group) is 1. The van der Waals surface area contributed by atoms with Crippen LogP contribution in [0.2, 0.25) is 0 Å². The SMILES string of the molecule is C[C@H]1C(=O)N2CCCc3nc(NC4CN(C(=O)OC(C)(C)C)C4)nc(c32)N1C. The van der Waals surface area contributed by atoms with E-state index in [1.165, 1.54) is 0 Å². The van der Waals surface area contributed by atoms with Gasteiger partial charge in [-0.1, -0.05) is 0 Å². The topological polar surface area (TPSA) is 90.9 Å². The van der Waals surface area contributed by atoms with E-state index in [-0.39, 0.29) is 24.1 Å². The van der Waals surface area contributed by atoms with Crippen LogP contribution in [-0.2, 0) is 16.0 Å². The lowest BCUT2D eigenvalue weighted by atomic mass is 10.0. The average Bonchev–Trinajstić information content (AvgIpc) is 2.58. The summed E-state index contributed by atoms with van der Waals surface area (Å²) < 4.78 is 5.39. The van der Waals surface area contributed by atoms with Gasteiger partial charge in [0, 0.05) is 26.7 Å². The van der Waals surface area contributed by atoms with Gasteiger partial charge in [-0.15, -0.1) is 0 Å². The number of carbonyl (C=O) groups excluding carboxylic acids is 2. The van der Waals surface area contributed by atoms with Crippen LogP contribution in [0.3, 0.4) is 0 Å². The number of ether oxygens (including phenoxy) is 1. The highest BCUT2D eigenvalue weighted by molar-refractivity contribution is 6.05. The highest BCUT2D eigenvalue weighted by Gasteiger charge is 2.39. The van der Waals surface area contributed by atoms with Gasteiger partial charge >= 0.3 is 6.09 Å². The fourth-order valence-electron chi connectivity index (χ4n) is 3.79. The quantitative estimate of drug-likeness (QED) is 0.823. The number of hydrogen-bond donors (Lipinski definition) is 1. The first-order valence-electron chi connectivity index (χ1n) is 9.83. The van der Waals surface area contributed by atoms with Gasteiger partial charge < -0.3 is 24.8 Å². The molecule has 1 fully saturated rings. The lowest BCUT2D eigenvalue weighted by Gasteiger charge is -2.42. The molecule has 1 saturated heterocycles. The molecule has 0 unspecified atom stereocenters. The maximum Gasteiger partial charge on any atom is 0.410 e. The largest absolute Gasteiger partial charge is 0.444 e. The summed E-state index contributed by atoms with van der Waals surface area (Å²) in [6.07, 6.45) is 1.44. The molecule has 9 nitrogen and oxygen atoms in total. The minimum Gasteiger partial charge on any atom is -0.444 e. The third-order valence-corrected chi connectivity index (χ3v) is 5.41. The standard InChI is InChI=1S/C19H28N6O3/c1-11-16(26)25-8-6-7-13-14(25)15(23(11)5)22-17(21-13)20-12-9-24(10-12)18(27)28-19(2,3)4/h11-12H,6-10H2,1-5H3,(H,20,21,22)/t11-/m0/s1. The van der Waals surface area contributed by atoms with Crippen LogP contribution in [0, 0.1) is 0 Å². The number of rotatable bonds is 2.